The average molecular weight is 463 g/mol. The summed E-state index contributed by atoms with van der Waals surface area (Å²) in [5.41, 5.74) is 2.64. The van der Waals surface area contributed by atoms with Crippen LogP contribution in [0.15, 0.2) is 48.5 Å². The molecule has 7 nitrogen and oxygen atoms in total. The highest BCUT2D eigenvalue weighted by Crippen LogP contribution is 2.29. The maximum absolute atomic E-state index is 13.5. The van der Waals surface area contributed by atoms with E-state index >= 15 is 0 Å². The van der Waals surface area contributed by atoms with Crippen molar-refractivity contribution in [2.45, 2.75) is 39.2 Å². The number of aromatic nitrogens is 4. The van der Waals surface area contributed by atoms with Gasteiger partial charge in [-0.25, -0.2) is 9.38 Å². The maximum Gasteiger partial charge on any atom is 0.230 e. The van der Waals surface area contributed by atoms with E-state index in [-0.39, 0.29) is 17.9 Å². The zero-order chi connectivity index (χ0) is 23.1. The second-order valence-electron chi connectivity index (χ2n) is 8.68. The molecule has 0 bridgehead atoms. The Hall–Kier alpha value is -3.19. The van der Waals surface area contributed by atoms with E-state index in [0.29, 0.717) is 24.7 Å². The molecule has 1 saturated heterocycles. The van der Waals surface area contributed by atoms with E-state index in [9.17, 15) is 4.79 Å². The highest BCUT2D eigenvalue weighted by Gasteiger charge is 2.33. The number of nitrogens with zero attached hydrogens (tertiary/aromatic N) is 6. The average Bonchev–Trinajstić information content (AvgIpc) is 3.21. The molecule has 0 radical (unpaired) electrons. The van der Waals surface area contributed by atoms with Crippen molar-refractivity contribution in [2.24, 2.45) is 0 Å². The van der Waals surface area contributed by atoms with Gasteiger partial charge in [-0.1, -0.05) is 48.9 Å². The molecule has 2 aromatic carbocycles. The summed E-state index contributed by atoms with van der Waals surface area (Å²) in [4.78, 5) is 22.7. The summed E-state index contributed by atoms with van der Waals surface area (Å²) < 4.78 is 2.00. The van der Waals surface area contributed by atoms with Gasteiger partial charge in [0, 0.05) is 36.1 Å². The van der Waals surface area contributed by atoms with Gasteiger partial charge in [0.25, 0.3) is 0 Å². The number of halogens is 1. The number of amides is 1. The smallest absolute Gasteiger partial charge is 0.230 e. The summed E-state index contributed by atoms with van der Waals surface area (Å²) in [5.74, 6) is 1.65. The van der Waals surface area contributed by atoms with E-state index in [2.05, 4.69) is 28.9 Å². The van der Waals surface area contributed by atoms with E-state index in [1.165, 1.54) is 0 Å². The summed E-state index contributed by atoms with van der Waals surface area (Å²) in [5, 5.41) is 10.3. The molecule has 2 atom stereocenters. The van der Waals surface area contributed by atoms with Crippen molar-refractivity contribution in [3.05, 3.63) is 64.9 Å². The molecule has 2 aromatic heterocycles. The monoisotopic (exact) mass is 462 g/mol. The molecule has 0 unspecified atom stereocenters. The minimum atomic E-state index is -0.118. The molecule has 0 saturated carbocycles. The number of fused-ring (bicyclic) bond motifs is 3. The molecule has 33 heavy (non-hydrogen) atoms. The zero-order valence-electron chi connectivity index (χ0n) is 19.1. The van der Waals surface area contributed by atoms with Crippen LogP contribution in [0, 0.1) is 6.92 Å². The number of aryl methyl sites for hydroxylation is 1. The van der Waals surface area contributed by atoms with Crippen molar-refractivity contribution in [1.82, 2.24) is 24.5 Å². The Morgan fingerprint density at radius 1 is 1.15 bits per heavy atom. The first-order chi connectivity index (χ1) is 16.0. The van der Waals surface area contributed by atoms with E-state index in [1.807, 2.05) is 64.8 Å². The Balaban J connectivity index is 1.45. The normalized spacial score (nSPS) is 17.6. The minimum Gasteiger partial charge on any atom is -0.338 e. The van der Waals surface area contributed by atoms with Crippen LogP contribution >= 0.6 is 11.6 Å². The summed E-state index contributed by atoms with van der Waals surface area (Å²) >= 11 is 6.24. The summed E-state index contributed by atoms with van der Waals surface area (Å²) in [6.07, 6.45) is 0.781. The molecular formula is C25H27ClN6O. The van der Waals surface area contributed by atoms with Gasteiger partial charge in [0.05, 0.1) is 11.4 Å². The fraction of sp³-hybridized carbons (Fsp3) is 0.360. The Kier molecular flexibility index (Phi) is 5.66. The topological polar surface area (TPSA) is 66.6 Å². The molecule has 0 spiro atoms. The van der Waals surface area contributed by atoms with Crippen LogP contribution in [0.5, 0.6) is 0 Å². The summed E-state index contributed by atoms with van der Waals surface area (Å²) in [6.45, 7) is 8.13. The number of piperazine rings is 1. The van der Waals surface area contributed by atoms with Gasteiger partial charge in [-0.15, -0.1) is 10.2 Å². The van der Waals surface area contributed by atoms with Crippen molar-refractivity contribution in [3.8, 4) is 0 Å². The molecule has 1 amide bonds. The SMILES string of the molecule is CC[C@H](C(=O)N1CCN(c2nc3cc(Cl)ccc3c3nnc(C)n23)C[C@@H]1C)c1ccccc1. The number of carbonyl (C=O) groups excluding carboxylic acids is 1. The number of anilines is 1. The lowest BCUT2D eigenvalue weighted by Crippen LogP contribution is -2.55. The third-order valence-electron chi connectivity index (χ3n) is 6.55. The van der Waals surface area contributed by atoms with Crippen molar-refractivity contribution < 1.29 is 4.79 Å². The molecule has 170 valence electrons. The van der Waals surface area contributed by atoms with Crippen LogP contribution in [0.1, 0.15) is 37.6 Å². The molecule has 1 aliphatic heterocycles. The molecule has 0 N–H and O–H groups in total. The van der Waals surface area contributed by atoms with E-state index in [1.54, 1.807) is 0 Å². The Bertz CT molecular complexity index is 1320. The maximum atomic E-state index is 13.5. The number of carbonyl (C=O) groups is 1. The predicted molar refractivity (Wildman–Crippen MR) is 131 cm³/mol. The van der Waals surface area contributed by atoms with Gasteiger partial charge in [0.1, 0.15) is 5.82 Å². The van der Waals surface area contributed by atoms with Crippen molar-refractivity contribution in [3.63, 3.8) is 0 Å². The Morgan fingerprint density at radius 3 is 2.67 bits per heavy atom. The van der Waals surface area contributed by atoms with E-state index in [0.717, 1.165) is 40.3 Å². The van der Waals surface area contributed by atoms with E-state index < -0.39 is 0 Å². The first-order valence-corrected chi connectivity index (χ1v) is 11.8. The number of benzene rings is 2. The highest BCUT2D eigenvalue weighted by atomic mass is 35.5. The third kappa shape index (κ3) is 3.80. The highest BCUT2D eigenvalue weighted by molar-refractivity contribution is 6.31. The van der Waals surface area contributed by atoms with Gasteiger partial charge in [-0.3, -0.25) is 4.79 Å². The van der Waals surface area contributed by atoms with Gasteiger partial charge >= 0.3 is 0 Å². The second kappa shape index (κ2) is 8.63. The molecule has 0 aliphatic carbocycles. The summed E-state index contributed by atoms with van der Waals surface area (Å²) in [7, 11) is 0. The molecule has 4 aromatic rings. The Labute approximate surface area is 198 Å². The molecule has 3 heterocycles. The van der Waals surface area contributed by atoms with Gasteiger partial charge in [-0.2, -0.15) is 0 Å². The molecule has 1 aliphatic rings. The predicted octanol–water partition coefficient (Wildman–Crippen LogP) is 4.47. The van der Waals surface area contributed by atoms with Crippen LogP contribution in [-0.4, -0.2) is 56.1 Å². The van der Waals surface area contributed by atoms with Gasteiger partial charge < -0.3 is 9.80 Å². The number of hydrogen-bond acceptors (Lipinski definition) is 5. The minimum absolute atomic E-state index is 0.0488. The second-order valence-corrected chi connectivity index (χ2v) is 9.11. The third-order valence-corrected chi connectivity index (χ3v) is 6.78. The molecular weight excluding hydrogens is 436 g/mol. The largest absolute Gasteiger partial charge is 0.338 e. The van der Waals surface area contributed by atoms with Crippen LogP contribution in [0.3, 0.4) is 0 Å². The molecule has 1 fully saturated rings. The van der Waals surface area contributed by atoms with Crippen LogP contribution in [0.2, 0.25) is 5.02 Å². The van der Waals surface area contributed by atoms with Crippen LogP contribution < -0.4 is 4.90 Å². The van der Waals surface area contributed by atoms with Gasteiger partial charge in [0.15, 0.2) is 5.65 Å². The summed E-state index contributed by atoms with van der Waals surface area (Å²) in [6, 6.07) is 15.8. The zero-order valence-corrected chi connectivity index (χ0v) is 19.8. The lowest BCUT2D eigenvalue weighted by atomic mass is 9.94. The number of hydrogen-bond donors (Lipinski definition) is 0. The fourth-order valence-corrected chi connectivity index (χ4v) is 5.00. The van der Waals surface area contributed by atoms with Crippen LogP contribution in [0.4, 0.5) is 5.95 Å². The van der Waals surface area contributed by atoms with Gasteiger partial charge in [-0.05, 0) is 44.0 Å². The lowest BCUT2D eigenvalue weighted by Gasteiger charge is -2.41. The molecule has 8 heteroatoms. The first-order valence-electron chi connectivity index (χ1n) is 11.4. The Morgan fingerprint density at radius 2 is 1.94 bits per heavy atom. The van der Waals surface area contributed by atoms with Gasteiger partial charge in [0.2, 0.25) is 11.9 Å². The van der Waals surface area contributed by atoms with Crippen molar-refractivity contribution in [1.29, 1.82) is 0 Å². The van der Waals surface area contributed by atoms with Crippen LogP contribution in [0.25, 0.3) is 16.6 Å². The van der Waals surface area contributed by atoms with Crippen molar-refractivity contribution in [2.75, 3.05) is 24.5 Å². The van der Waals surface area contributed by atoms with Crippen LogP contribution in [-0.2, 0) is 4.79 Å². The number of rotatable bonds is 4. The van der Waals surface area contributed by atoms with E-state index in [4.69, 9.17) is 16.6 Å². The standard InChI is InChI=1S/C25H27ClN6O/c1-4-20(18-8-6-5-7-9-18)24(33)31-13-12-30(15-16(31)2)25-27-22-14-19(26)10-11-21(22)23-29-28-17(3)32(23)25/h5-11,14,16,20H,4,12-13,15H2,1-3H3/t16-,20-/m0/s1. The van der Waals surface area contributed by atoms with Crippen molar-refractivity contribution >= 4 is 40.0 Å². The first kappa shape index (κ1) is 21.6. The lowest BCUT2D eigenvalue weighted by molar-refractivity contribution is -0.135. The quantitative estimate of drug-likeness (QED) is 0.447. The molecule has 5 rings (SSSR count). The fourth-order valence-electron chi connectivity index (χ4n) is 4.84.